The minimum Gasteiger partial charge on any atom is -0.378 e. The smallest absolute Gasteiger partial charge is 0.228 e. The molecule has 2 atom stereocenters. The molecule has 6 rings (SSSR count). The van der Waals surface area contributed by atoms with Gasteiger partial charge >= 0.3 is 0 Å². The van der Waals surface area contributed by atoms with Crippen molar-refractivity contribution in [1.29, 1.82) is 0 Å². The standard InChI is InChI=1S/C23H31N9O2/c1-23(3-5-31(14-23)17-12-25-13-18(17)33)32-4-2-16-19(15-10-26-21(24)27-11-15)28-22(29-20(16)32)30-6-8-34-9-7-30/h10-11,17,25H,2-9,12-14H2,1H3,(H2,24,26,27)/t17?,23-/m0/s1. The largest absolute Gasteiger partial charge is 0.378 e. The van der Waals surface area contributed by atoms with Crippen LogP contribution in [-0.2, 0) is 16.0 Å². The number of nitrogens with one attached hydrogen (secondary N) is 1. The summed E-state index contributed by atoms with van der Waals surface area (Å²) in [6.45, 7) is 9.03. The van der Waals surface area contributed by atoms with Gasteiger partial charge < -0.3 is 25.6 Å². The van der Waals surface area contributed by atoms with E-state index in [0.717, 1.165) is 80.7 Å². The normalized spacial score (nSPS) is 27.6. The summed E-state index contributed by atoms with van der Waals surface area (Å²) in [6.07, 6.45) is 5.34. The van der Waals surface area contributed by atoms with Crippen LogP contribution in [0.3, 0.4) is 0 Å². The summed E-state index contributed by atoms with van der Waals surface area (Å²) in [5.41, 5.74) is 8.50. The molecule has 6 heterocycles. The van der Waals surface area contributed by atoms with E-state index in [1.807, 2.05) is 0 Å². The molecule has 2 aromatic heterocycles. The fraction of sp³-hybridized carbons (Fsp3) is 0.609. The van der Waals surface area contributed by atoms with E-state index in [9.17, 15) is 4.79 Å². The Morgan fingerprint density at radius 2 is 1.94 bits per heavy atom. The zero-order valence-electron chi connectivity index (χ0n) is 19.5. The lowest BCUT2D eigenvalue weighted by Gasteiger charge is -2.38. The van der Waals surface area contributed by atoms with Gasteiger partial charge in [-0.05, 0) is 19.8 Å². The predicted molar refractivity (Wildman–Crippen MR) is 128 cm³/mol. The van der Waals surface area contributed by atoms with Crippen LogP contribution in [0.5, 0.6) is 0 Å². The summed E-state index contributed by atoms with van der Waals surface area (Å²) >= 11 is 0. The lowest BCUT2D eigenvalue weighted by atomic mass is 9.99. The Morgan fingerprint density at radius 3 is 2.68 bits per heavy atom. The zero-order chi connectivity index (χ0) is 23.3. The van der Waals surface area contributed by atoms with Gasteiger partial charge in [-0.25, -0.2) is 15.0 Å². The first-order chi connectivity index (χ1) is 16.5. The summed E-state index contributed by atoms with van der Waals surface area (Å²) < 4.78 is 5.55. The molecule has 2 aromatic rings. The van der Waals surface area contributed by atoms with E-state index >= 15 is 0 Å². The van der Waals surface area contributed by atoms with Crippen LogP contribution in [-0.4, -0.2) is 101 Å². The molecular weight excluding hydrogens is 434 g/mol. The van der Waals surface area contributed by atoms with E-state index in [-0.39, 0.29) is 17.5 Å². The Kier molecular flexibility index (Phi) is 5.34. The maximum atomic E-state index is 12.4. The molecule has 0 aromatic carbocycles. The molecule has 34 heavy (non-hydrogen) atoms. The first-order valence-electron chi connectivity index (χ1n) is 12.1. The van der Waals surface area contributed by atoms with Crippen molar-refractivity contribution in [2.24, 2.45) is 0 Å². The van der Waals surface area contributed by atoms with Crippen LogP contribution in [0.25, 0.3) is 11.3 Å². The van der Waals surface area contributed by atoms with Crippen LogP contribution < -0.4 is 20.9 Å². The van der Waals surface area contributed by atoms with Crippen molar-refractivity contribution in [3.63, 3.8) is 0 Å². The number of ether oxygens (including phenoxy) is 1. The highest BCUT2D eigenvalue weighted by molar-refractivity contribution is 5.88. The fourth-order valence-corrected chi connectivity index (χ4v) is 5.74. The third-order valence-electron chi connectivity index (χ3n) is 7.64. The van der Waals surface area contributed by atoms with Gasteiger partial charge in [-0.1, -0.05) is 0 Å². The molecular formula is C23H31N9O2. The van der Waals surface area contributed by atoms with E-state index in [2.05, 4.69) is 36.9 Å². The third kappa shape index (κ3) is 3.68. The number of ketones is 1. The molecule has 1 unspecified atom stereocenters. The molecule has 4 aliphatic heterocycles. The van der Waals surface area contributed by atoms with Crippen molar-refractivity contribution >= 4 is 23.5 Å². The molecule has 3 N–H and O–H groups in total. The van der Waals surface area contributed by atoms with Gasteiger partial charge in [0.15, 0.2) is 5.78 Å². The average Bonchev–Trinajstić information content (AvgIpc) is 3.58. The molecule has 180 valence electrons. The second-order valence-corrected chi connectivity index (χ2v) is 9.84. The van der Waals surface area contributed by atoms with Gasteiger partial charge in [-0.2, -0.15) is 4.98 Å². The molecule has 3 fully saturated rings. The van der Waals surface area contributed by atoms with Crippen molar-refractivity contribution in [3.8, 4) is 11.3 Å². The molecule has 0 saturated carbocycles. The van der Waals surface area contributed by atoms with Crippen LogP contribution >= 0.6 is 0 Å². The summed E-state index contributed by atoms with van der Waals surface area (Å²) in [5.74, 6) is 2.26. The fourth-order valence-electron chi connectivity index (χ4n) is 5.74. The first-order valence-corrected chi connectivity index (χ1v) is 12.1. The van der Waals surface area contributed by atoms with Crippen LogP contribution in [0.1, 0.15) is 18.9 Å². The zero-order valence-corrected chi connectivity index (χ0v) is 19.5. The second kappa shape index (κ2) is 8.40. The van der Waals surface area contributed by atoms with Gasteiger partial charge in [0.05, 0.1) is 37.0 Å². The molecule has 4 aliphatic rings. The number of anilines is 3. The number of nitrogen functional groups attached to an aromatic ring is 1. The van der Waals surface area contributed by atoms with Crippen molar-refractivity contribution in [2.45, 2.75) is 31.3 Å². The van der Waals surface area contributed by atoms with Crippen molar-refractivity contribution < 1.29 is 9.53 Å². The Morgan fingerprint density at radius 1 is 1.15 bits per heavy atom. The summed E-state index contributed by atoms with van der Waals surface area (Å²) in [5, 5.41) is 3.22. The van der Waals surface area contributed by atoms with Crippen LogP contribution in [0.4, 0.5) is 17.7 Å². The number of aromatic nitrogens is 4. The molecule has 11 nitrogen and oxygen atoms in total. The first kappa shape index (κ1) is 21.6. The Balaban J connectivity index is 1.37. The number of rotatable bonds is 4. The molecule has 0 spiro atoms. The molecule has 0 radical (unpaired) electrons. The second-order valence-electron chi connectivity index (χ2n) is 9.84. The van der Waals surface area contributed by atoms with Crippen LogP contribution in [0.15, 0.2) is 12.4 Å². The number of carbonyl (C=O) groups excluding carboxylic acids is 1. The Labute approximate surface area is 198 Å². The summed E-state index contributed by atoms with van der Waals surface area (Å²) in [4.78, 5) is 37.9. The van der Waals surface area contributed by atoms with Gasteiger partial charge in [0.1, 0.15) is 5.82 Å². The van der Waals surface area contributed by atoms with Crippen LogP contribution in [0.2, 0.25) is 0 Å². The number of Topliss-reactive ketones (excluding diaryl/α,β-unsaturated/α-hetero) is 1. The molecule has 3 saturated heterocycles. The van der Waals surface area contributed by atoms with E-state index in [4.69, 9.17) is 20.4 Å². The number of hydrogen-bond acceptors (Lipinski definition) is 11. The summed E-state index contributed by atoms with van der Waals surface area (Å²) in [7, 11) is 0. The number of fused-ring (bicyclic) bond motifs is 1. The lowest BCUT2D eigenvalue weighted by Crippen LogP contribution is -2.50. The average molecular weight is 466 g/mol. The van der Waals surface area contributed by atoms with Gasteiger partial charge in [-0.15, -0.1) is 0 Å². The predicted octanol–water partition coefficient (Wildman–Crippen LogP) is -0.280. The van der Waals surface area contributed by atoms with Crippen molar-refractivity contribution in [1.82, 2.24) is 30.2 Å². The number of likely N-dealkylation sites (tertiary alicyclic amines) is 1. The number of nitrogens with zero attached hydrogens (tertiary/aromatic N) is 7. The molecule has 0 bridgehead atoms. The number of carbonyl (C=O) groups is 1. The molecule has 11 heteroatoms. The number of nitrogens with two attached hydrogens (primary N) is 1. The highest BCUT2D eigenvalue weighted by Gasteiger charge is 2.46. The van der Waals surface area contributed by atoms with Crippen LogP contribution in [0, 0.1) is 0 Å². The van der Waals surface area contributed by atoms with Gasteiger partial charge in [0.2, 0.25) is 11.9 Å². The third-order valence-corrected chi connectivity index (χ3v) is 7.64. The van der Waals surface area contributed by atoms with Gasteiger partial charge in [0, 0.05) is 62.8 Å². The minimum absolute atomic E-state index is 0.0132. The van der Waals surface area contributed by atoms with Gasteiger partial charge in [-0.3, -0.25) is 9.69 Å². The topological polar surface area (TPSA) is 126 Å². The summed E-state index contributed by atoms with van der Waals surface area (Å²) in [6, 6.07) is -0.0132. The van der Waals surface area contributed by atoms with Crippen molar-refractivity contribution in [2.75, 3.05) is 74.6 Å². The highest BCUT2D eigenvalue weighted by Crippen LogP contribution is 2.41. The highest BCUT2D eigenvalue weighted by atomic mass is 16.5. The SMILES string of the molecule is C[C@]1(N2CCc3c(-c4cnc(N)nc4)nc(N4CCOCC4)nc32)CCN(C2CNCC2=O)C1. The quantitative estimate of drug-likeness (QED) is 0.619. The molecule has 0 aliphatic carbocycles. The monoisotopic (exact) mass is 465 g/mol. The Bertz CT molecular complexity index is 1090. The van der Waals surface area contributed by atoms with E-state index < -0.39 is 0 Å². The maximum Gasteiger partial charge on any atom is 0.228 e. The number of morpholine rings is 1. The Hall–Kier alpha value is -2.89. The van der Waals surface area contributed by atoms with Crippen molar-refractivity contribution in [3.05, 3.63) is 18.0 Å². The van der Waals surface area contributed by atoms with Gasteiger partial charge in [0.25, 0.3) is 0 Å². The van der Waals surface area contributed by atoms with E-state index in [1.165, 1.54) is 0 Å². The lowest BCUT2D eigenvalue weighted by molar-refractivity contribution is -0.120. The van der Waals surface area contributed by atoms with E-state index in [0.29, 0.717) is 25.5 Å². The van der Waals surface area contributed by atoms with E-state index in [1.54, 1.807) is 12.4 Å². The minimum atomic E-state index is -0.0976. The molecule has 0 amide bonds. The maximum absolute atomic E-state index is 12.4. The number of hydrogen-bond donors (Lipinski definition) is 2.